The van der Waals surface area contributed by atoms with Crippen molar-refractivity contribution in [3.63, 3.8) is 0 Å². The van der Waals surface area contributed by atoms with Crippen molar-refractivity contribution in [2.75, 3.05) is 11.1 Å². The number of nitrogens with zero attached hydrogens (tertiary/aromatic N) is 1. The topological polar surface area (TPSA) is 52.9 Å². The molecule has 0 aliphatic rings. The molecule has 2 aromatic rings. The molecule has 0 bridgehead atoms. The van der Waals surface area contributed by atoms with Gasteiger partial charge in [-0.3, -0.25) is 4.79 Å². The molecule has 0 aromatic heterocycles. The van der Waals surface area contributed by atoms with E-state index in [0.29, 0.717) is 17.0 Å². The van der Waals surface area contributed by atoms with Crippen LogP contribution in [0, 0.1) is 11.3 Å². The summed E-state index contributed by atoms with van der Waals surface area (Å²) in [6, 6.07) is 18.8. The molecule has 1 N–H and O–H groups in total. The molecule has 0 unspecified atom stereocenters. The number of hydrogen-bond donors (Lipinski definition) is 1. The van der Waals surface area contributed by atoms with Crippen LogP contribution in [-0.2, 0) is 4.79 Å². The zero-order valence-electron chi connectivity index (χ0n) is 10.2. The third-order valence-electron chi connectivity index (χ3n) is 2.43. The zero-order valence-corrected chi connectivity index (χ0v) is 11.0. The van der Waals surface area contributed by atoms with E-state index < -0.39 is 0 Å². The molecule has 0 aliphatic carbocycles. The van der Waals surface area contributed by atoms with Crippen LogP contribution in [-0.4, -0.2) is 11.7 Å². The lowest BCUT2D eigenvalue weighted by Gasteiger charge is -2.06. The first-order valence-electron chi connectivity index (χ1n) is 5.76. The predicted octanol–water partition coefficient (Wildman–Crippen LogP) is 3.29. The molecule has 2 rings (SSSR count). The Hall–Kier alpha value is -2.25. The average Bonchev–Trinajstić information content (AvgIpc) is 2.47. The van der Waals surface area contributed by atoms with Crippen LogP contribution in [0.3, 0.4) is 0 Å². The van der Waals surface area contributed by atoms with E-state index in [1.54, 1.807) is 24.3 Å². The van der Waals surface area contributed by atoms with Crippen LogP contribution in [0.2, 0.25) is 0 Å². The van der Waals surface area contributed by atoms with Gasteiger partial charge in [0.05, 0.1) is 17.0 Å². The van der Waals surface area contributed by atoms with Crippen molar-refractivity contribution >= 4 is 23.4 Å². The van der Waals surface area contributed by atoms with Crippen molar-refractivity contribution in [2.45, 2.75) is 4.90 Å². The van der Waals surface area contributed by atoms with Gasteiger partial charge in [0, 0.05) is 4.90 Å². The van der Waals surface area contributed by atoms with Crippen molar-refractivity contribution in [1.82, 2.24) is 0 Å². The van der Waals surface area contributed by atoms with Crippen molar-refractivity contribution in [1.29, 1.82) is 5.26 Å². The van der Waals surface area contributed by atoms with Gasteiger partial charge in [-0.1, -0.05) is 30.3 Å². The largest absolute Gasteiger partial charge is 0.324 e. The van der Waals surface area contributed by atoms with Crippen LogP contribution in [0.1, 0.15) is 5.56 Å². The van der Waals surface area contributed by atoms with Gasteiger partial charge in [0.2, 0.25) is 5.91 Å². The Bertz CT molecular complexity index is 605. The highest BCUT2D eigenvalue weighted by atomic mass is 32.2. The molecule has 94 valence electrons. The highest BCUT2D eigenvalue weighted by Crippen LogP contribution is 2.18. The number of thioether (sulfide) groups is 1. The van der Waals surface area contributed by atoms with E-state index >= 15 is 0 Å². The molecule has 0 aliphatic heterocycles. The minimum absolute atomic E-state index is 0.114. The third kappa shape index (κ3) is 3.87. The summed E-state index contributed by atoms with van der Waals surface area (Å²) in [6.45, 7) is 0. The Balaban J connectivity index is 1.93. The van der Waals surface area contributed by atoms with Gasteiger partial charge in [-0.15, -0.1) is 11.8 Å². The van der Waals surface area contributed by atoms with Crippen molar-refractivity contribution in [3.8, 4) is 6.07 Å². The lowest BCUT2D eigenvalue weighted by molar-refractivity contribution is -0.113. The molecule has 2 aromatic carbocycles. The fraction of sp³-hybridized carbons (Fsp3) is 0.0667. The number of rotatable bonds is 4. The fourth-order valence-corrected chi connectivity index (χ4v) is 2.26. The fourth-order valence-electron chi connectivity index (χ4n) is 1.54. The van der Waals surface area contributed by atoms with Crippen LogP contribution in [0.15, 0.2) is 59.5 Å². The molecule has 4 heteroatoms. The maximum Gasteiger partial charge on any atom is 0.234 e. The summed E-state index contributed by atoms with van der Waals surface area (Å²) < 4.78 is 0. The molecule has 3 nitrogen and oxygen atoms in total. The zero-order chi connectivity index (χ0) is 13.5. The summed E-state index contributed by atoms with van der Waals surface area (Å²) in [7, 11) is 0. The van der Waals surface area contributed by atoms with Crippen LogP contribution in [0.4, 0.5) is 5.69 Å². The molecule has 0 heterocycles. The number of hydrogen-bond acceptors (Lipinski definition) is 3. The SMILES string of the molecule is N#Cc1ccccc1NC(=O)CSc1ccccc1. The number of amides is 1. The second-order valence-corrected chi connectivity index (χ2v) is 4.86. The molecule has 0 saturated carbocycles. The quantitative estimate of drug-likeness (QED) is 0.866. The van der Waals surface area contributed by atoms with Gasteiger partial charge in [0.15, 0.2) is 0 Å². The van der Waals surface area contributed by atoms with Gasteiger partial charge in [-0.05, 0) is 24.3 Å². The molecule has 0 spiro atoms. The van der Waals surface area contributed by atoms with E-state index in [4.69, 9.17) is 5.26 Å². The Morgan fingerprint density at radius 3 is 2.53 bits per heavy atom. The van der Waals surface area contributed by atoms with E-state index in [-0.39, 0.29) is 5.91 Å². The summed E-state index contributed by atoms with van der Waals surface area (Å²) in [5, 5.41) is 11.7. The second-order valence-electron chi connectivity index (χ2n) is 3.81. The third-order valence-corrected chi connectivity index (χ3v) is 3.45. The first kappa shape index (κ1) is 13.2. The number of nitrogens with one attached hydrogen (secondary N) is 1. The number of nitriles is 1. The number of para-hydroxylation sites is 1. The first-order chi connectivity index (χ1) is 9.29. The van der Waals surface area contributed by atoms with E-state index in [1.807, 2.05) is 30.3 Å². The maximum atomic E-state index is 11.8. The average molecular weight is 268 g/mol. The summed E-state index contributed by atoms with van der Waals surface area (Å²) in [5.74, 6) is 0.209. The summed E-state index contributed by atoms with van der Waals surface area (Å²) >= 11 is 1.47. The van der Waals surface area contributed by atoms with Gasteiger partial charge in [-0.2, -0.15) is 5.26 Å². The van der Waals surface area contributed by atoms with Crippen LogP contribution in [0.5, 0.6) is 0 Å². The smallest absolute Gasteiger partial charge is 0.234 e. The van der Waals surface area contributed by atoms with Crippen LogP contribution in [0.25, 0.3) is 0 Å². The van der Waals surface area contributed by atoms with Crippen molar-refractivity contribution in [2.24, 2.45) is 0 Å². The maximum absolute atomic E-state index is 11.8. The monoisotopic (exact) mass is 268 g/mol. The normalized spacial score (nSPS) is 9.63. The minimum atomic E-state index is -0.114. The highest BCUT2D eigenvalue weighted by Gasteiger charge is 2.06. The predicted molar refractivity (Wildman–Crippen MR) is 77.0 cm³/mol. The first-order valence-corrected chi connectivity index (χ1v) is 6.75. The Kier molecular flexibility index (Phi) is 4.60. The molecular weight excluding hydrogens is 256 g/mol. The molecule has 0 atom stereocenters. The van der Waals surface area contributed by atoms with E-state index in [0.717, 1.165) is 4.90 Å². The lowest BCUT2D eigenvalue weighted by Crippen LogP contribution is -2.14. The lowest BCUT2D eigenvalue weighted by atomic mass is 10.2. The summed E-state index contributed by atoms with van der Waals surface area (Å²) in [4.78, 5) is 12.9. The van der Waals surface area contributed by atoms with Crippen molar-refractivity contribution in [3.05, 3.63) is 60.2 Å². The van der Waals surface area contributed by atoms with Crippen LogP contribution >= 0.6 is 11.8 Å². The summed E-state index contributed by atoms with van der Waals surface area (Å²) in [5.41, 5.74) is 1.03. The van der Waals surface area contributed by atoms with Gasteiger partial charge >= 0.3 is 0 Å². The number of anilines is 1. The Morgan fingerprint density at radius 2 is 1.79 bits per heavy atom. The van der Waals surface area contributed by atoms with Gasteiger partial charge < -0.3 is 5.32 Å². The van der Waals surface area contributed by atoms with Gasteiger partial charge in [0.25, 0.3) is 0 Å². The number of carbonyl (C=O) groups excluding carboxylic acids is 1. The van der Waals surface area contributed by atoms with E-state index in [2.05, 4.69) is 11.4 Å². The molecule has 1 amide bonds. The van der Waals surface area contributed by atoms with E-state index in [1.165, 1.54) is 11.8 Å². The van der Waals surface area contributed by atoms with Crippen molar-refractivity contribution < 1.29 is 4.79 Å². The molecule has 0 fully saturated rings. The molecule has 0 saturated heterocycles. The van der Waals surface area contributed by atoms with Gasteiger partial charge in [0.1, 0.15) is 6.07 Å². The van der Waals surface area contributed by atoms with Crippen LogP contribution < -0.4 is 5.32 Å². The molecule has 19 heavy (non-hydrogen) atoms. The number of benzene rings is 2. The highest BCUT2D eigenvalue weighted by molar-refractivity contribution is 8.00. The second kappa shape index (κ2) is 6.62. The Labute approximate surface area is 116 Å². The molecule has 0 radical (unpaired) electrons. The standard InChI is InChI=1S/C15H12N2OS/c16-10-12-6-4-5-9-14(12)17-15(18)11-19-13-7-2-1-3-8-13/h1-9H,11H2,(H,17,18). The minimum Gasteiger partial charge on any atom is -0.324 e. The van der Waals surface area contributed by atoms with E-state index in [9.17, 15) is 4.79 Å². The summed E-state index contributed by atoms with van der Waals surface area (Å²) in [6.07, 6.45) is 0. The van der Waals surface area contributed by atoms with Gasteiger partial charge in [-0.25, -0.2) is 0 Å². The Morgan fingerprint density at radius 1 is 1.11 bits per heavy atom. The number of carbonyl (C=O) groups is 1. The molecular formula is C15H12N2OS.